The Morgan fingerprint density at radius 3 is 2.36 bits per heavy atom. The fourth-order valence-corrected chi connectivity index (χ4v) is 5.34. The van der Waals surface area contributed by atoms with Crippen LogP contribution in [0.1, 0.15) is 66.0 Å². The summed E-state index contributed by atoms with van der Waals surface area (Å²) in [6, 6.07) is 5.36. The minimum Gasteiger partial charge on any atom is -0.490 e. The first-order valence-corrected chi connectivity index (χ1v) is 10.9. The van der Waals surface area contributed by atoms with Gasteiger partial charge in [0.2, 0.25) is 0 Å². The molecule has 2 fully saturated rings. The van der Waals surface area contributed by atoms with Crippen molar-refractivity contribution in [1.29, 1.82) is 0 Å². The lowest BCUT2D eigenvalue weighted by Crippen LogP contribution is -2.36. The van der Waals surface area contributed by atoms with Gasteiger partial charge in [-0.15, -0.1) is 0 Å². The van der Waals surface area contributed by atoms with Crippen molar-refractivity contribution in [3.63, 3.8) is 0 Å². The monoisotopic (exact) mass is 369 g/mol. The SMILES string of the molecule is CC(C)(C)C(NS1(C(C)(C)C)CO1)c1ccc(F)c(OCC2CC2)c1. The van der Waals surface area contributed by atoms with Crippen molar-refractivity contribution >= 4 is 10.5 Å². The second kappa shape index (κ2) is 6.43. The van der Waals surface area contributed by atoms with Gasteiger partial charge in [-0.2, -0.15) is 0 Å². The standard InChI is InChI=1S/C20H32FNO2S/c1-19(2,3)18(22-25(13-24-25)20(4,5)6)15-9-10-16(21)17(11-15)23-12-14-7-8-14/h9-11,14,18,22H,7-8,12-13H2,1-6H3. The lowest BCUT2D eigenvalue weighted by molar-refractivity contribution is 0.280. The predicted molar refractivity (Wildman–Crippen MR) is 103 cm³/mol. The number of ether oxygens (including phenoxy) is 1. The summed E-state index contributed by atoms with van der Waals surface area (Å²) in [6.45, 7) is 13.9. The maximum absolute atomic E-state index is 14.2. The van der Waals surface area contributed by atoms with Gasteiger partial charge in [0.1, 0.15) is 5.94 Å². The van der Waals surface area contributed by atoms with Gasteiger partial charge in [0, 0.05) is 10.8 Å². The lowest BCUT2D eigenvalue weighted by Gasteiger charge is -2.41. The van der Waals surface area contributed by atoms with Gasteiger partial charge in [-0.05, 0) is 73.1 Å². The molecular weight excluding hydrogens is 337 g/mol. The van der Waals surface area contributed by atoms with Crippen molar-refractivity contribution in [3.05, 3.63) is 29.6 Å². The van der Waals surface area contributed by atoms with Crippen LogP contribution in [0.2, 0.25) is 0 Å². The predicted octanol–water partition coefficient (Wildman–Crippen LogP) is 5.71. The van der Waals surface area contributed by atoms with Crippen LogP contribution in [0.3, 0.4) is 0 Å². The molecule has 2 unspecified atom stereocenters. The zero-order chi connectivity index (χ0) is 18.5. The van der Waals surface area contributed by atoms with E-state index in [-0.39, 0.29) is 22.0 Å². The summed E-state index contributed by atoms with van der Waals surface area (Å²) in [5.41, 5.74) is 1.04. The summed E-state index contributed by atoms with van der Waals surface area (Å²) in [5.74, 6) is 1.48. The van der Waals surface area contributed by atoms with Gasteiger partial charge in [0.25, 0.3) is 0 Å². The minimum atomic E-state index is -1.30. The Kier molecular flexibility index (Phi) is 4.89. The second-order valence-corrected chi connectivity index (χ2v) is 12.7. The van der Waals surface area contributed by atoms with Gasteiger partial charge >= 0.3 is 0 Å². The van der Waals surface area contributed by atoms with E-state index in [4.69, 9.17) is 8.92 Å². The molecule has 0 amide bonds. The fourth-order valence-electron chi connectivity index (χ4n) is 2.88. The first kappa shape index (κ1) is 19.0. The van der Waals surface area contributed by atoms with Crippen LogP contribution in [0.4, 0.5) is 4.39 Å². The van der Waals surface area contributed by atoms with Crippen LogP contribution in [0.25, 0.3) is 0 Å². The third kappa shape index (κ3) is 4.32. The van der Waals surface area contributed by atoms with E-state index in [2.05, 4.69) is 46.3 Å². The molecule has 0 radical (unpaired) electrons. The molecule has 25 heavy (non-hydrogen) atoms. The van der Waals surface area contributed by atoms with Gasteiger partial charge in [-0.3, -0.25) is 4.72 Å². The van der Waals surface area contributed by atoms with E-state index in [9.17, 15) is 4.39 Å². The average Bonchev–Trinajstić information content (AvgIpc) is 3.36. The van der Waals surface area contributed by atoms with Crippen LogP contribution in [0.5, 0.6) is 5.75 Å². The molecule has 1 N–H and O–H groups in total. The molecule has 1 heterocycles. The zero-order valence-electron chi connectivity index (χ0n) is 16.3. The fraction of sp³-hybridized carbons (Fsp3) is 0.700. The zero-order valence-corrected chi connectivity index (χ0v) is 17.1. The van der Waals surface area contributed by atoms with E-state index in [1.54, 1.807) is 0 Å². The first-order chi connectivity index (χ1) is 11.5. The molecule has 3 nitrogen and oxygen atoms in total. The maximum atomic E-state index is 14.2. The summed E-state index contributed by atoms with van der Waals surface area (Å²) in [6.07, 6.45) is 2.39. The smallest absolute Gasteiger partial charge is 0.165 e. The molecule has 1 saturated carbocycles. The van der Waals surface area contributed by atoms with Crippen molar-refractivity contribution in [2.75, 3.05) is 12.5 Å². The van der Waals surface area contributed by atoms with Gasteiger partial charge in [0.05, 0.1) is 6.61 Å². The Balaban J connectivity index is 1.85. The van der Waals surface area contributed by atoms with Crippen LogP contribution >= 0.6 is 10.5 Å². The van der Waals surface area contributed by atoms with Gasteiger partial charge in [-0.25, -0.2) is 4.39 Å². The Hall–Kier alpha value is -0.780. The summed E-state index contributed by atoms with van der Waals surface area (Å²) in [4.78, 5) is 0. The third-order valence-corrected chi connectivity index (χ3v) is 8.28. The number of nitrogens with one attached hydrogen (secondary N) is 1. The number of halogens is 1. The highest BCUT2D eigenvalue weighted by Gasteiger charge is 2.51. The average molecular weight is 370 g/mol. The molecule has 2 atom stereocenters. The minimum absolute atomic E-state index is 0.0250. The van der Waals surface area contributed by atoms with Gasteiger partial charge < -0.3 is 8.92 Å². The topological polar surface area (TPSA) is 33.8 Å². The van der Waals surface area contributed by atoms with E-state index in [1.807, 2.05) is 12.1 Å². The van der Waals surface area contributed by atoms with E-state index < -0.39 is 10.5 Å². The normalized spacial score (nSPS) is 27.5. The van der Waals surface area contributed by atoms with Gasteiger partial charge in [-0.1, -0.05) is 26.8 Å². The molecule has 0 aromatic heterocycles. The van der Waals surface area contributed by atoms with Crippen molar-refractivity contribution < 1.29 is 13.3 Å². The summed E-state index contributed by atoms with van der Waals surface area (Å²) in [5, 5.41) is 0. The third-order valence-electron chi connectivity index (χ3n) is 4.98. The number of hydrogen-bond acceptors (Lipinski definition) is 3. The van der Waals surface area contributed by atoms with Crippen molar-refractivity contribution in [2.45, 2.75) is 65.2 Å². The second-order valence-electron chi connectivity index (χ2n) is 9.38. The molecule has 1 aromatic rings. The van der Waals surface area contributed by atoms with E-state index in [0.29, 0.717) is 18.3 Å². The van der Waals surface area contributed by atoms with E-state index in [0.717, 1.165) is 11.5 Å². The Morgan fingerprint density at radius 2 is 1.88 bits per heavy atom. The van der Waals surface area contributed by atoms with Crippen LogP contribution in [0.15, 0.2) is 18.2 Å². The molecule has 2 aliphatic rings. The highest BCUT2D eigenvalue weighted by atomic mass is 32.3. The highest BCUT2D eigenvalue weighted by Crippen LogP contribution is 2.70. The molecule has 5 heteroatoms. The van der Waals surface area contributed by atoms with Crippen molar-refractivity contribution in [2.24, 2.45) is 11.3 Å². The quantitative estimate of drug-likeness (QED) is 0.652. The van der Waals surface area contributed by atoms with Crippen LogP contribution < -0.4 is 9.46 Å². The molecule has 0 spiro atoms. The number of hydrogen-bond donors (Lipinski definition) is 1. The van der Waals surface area contributed by atoms with Crippen molar-refractivity contribution in [1.82, 2.24) is 4.72 Å². The molecule has 142 valence electrons. The largest absolute Gasteiger partial charge is 0.490 e. The lowest BCUT2D eigenvalue weighted by atomic mass is 9.83. The summed E-state index contributed by atoms with van der Waals surface area (Å²) >= 11 is 0. The van der Waals surface area contributed by atoms with Crippen molar-refractivity contribution in [3.8, 4) is 5.75 Å². The maximum Gasteiger partial charge on any atom is 0.165 e. The van der Waals surface area contributed by atoms with Crippen LogP contribution in [0, 0.1) is 17.2 Å². The molecule has 1 aliphatic heterocycles. The summed E-state index contributed by atoms with van der Waals surface area (Å²) < 4.78 is 29.7. The number of rotatable bonds is 6. The van der Waals surface area contributed by atoms with Crippen LogP contribution in [-0.4, -0.2) is 17.3 Å². The molecule has 1 aromatic carbocycles. The first-order valence-electron chi connectivity index (χ1n) is 9.16. The van der Waals surface area contributed by atoms with E-state index in [1.165, 1.54) is 18.9 Å². The Morgan fingerprint density at radius 1 is 1.24 bits per heavy atom. The molecule has 3 rings (SSSR count). The highest BCUT2D eigenvalue weighted by molar-refractivity contribution is 8.33. The van der Waals surface area contributed by atoms with Gasteiger partial charge in [0.15, 0.2) is 11.6 Å². The number of benzene rings is 1. The van der Waals surface area contributed by atoms with Crippen LogP contribution in [-0.2, 0) is 4.18 Å². The summed E-state index contributed by atoms with van der Waals surface area (Å²) in [7, 11) is -1.30. The molecule has 0 bridgehead atoms. The molecular formula is C20H32FNO2S. The molecule has 1 saturated heterocycles. The molecule has 1 aliphatic carbocycles. The Bertz CT molecular complexity index is 628. The van der Waals surface area contributed by atoms with E-state index >= 15 is 0 Å². The Labute approximate surface area is 153 Å².